The quantitative estimate of drug-likeness (QED) is 0.922. The number of fused-ring (bicyclic) bond motifs is 1. The Kier molecular flexibility index (Phi) is 4.55. The van der Waals surface area contributed by atoms with Crippen molar-refractivity contribution in [2.45, 2.75) is 26.7 Å². The first-order chi connectivity index (χ1) is 11.1. The van der Waals surface area contributed by atoms with Crippen molar-refractivity contribution < 1.29 is 4.79 Å². The number of aromatic nitrogens is 2. The average molecular weight is 310 g/mol. The zero-order valence-electron chi connectivity index (χ0n) is 13.6. The summed E-state index contributed by atoms with van der Waals surface area (Å²) in [6, 6.07) is 11.6. The second kappa shape index (κ2) is 6.77. The van der Waals surface area contributed by atoms with Gasteiger partial charge in [-0.15, -0.1) is 10.2 Å². The lowest BCUT2D eigenvalue weighted by Crippen LogP contribution is -2.29. The lowest BCUT2D eigenvalue weighted by Gasteiger charge is -2.16. The molecule has 3 rings (SSSR count). The molecule has 0 unspecified atom stereocenters. The number of carbonyl (C=O) groups excluding carboxylic acids is 1. The van der Waals surface area contributed by atoms with Crippen molar-refractivity contribution in [3.05, 3.63) is 47.7 Å². The summed E-state index contributed by atoms with van der Waals surface area (Å²) >= 11 is 0. The van der Waals surface area contributed by atoms with Gasteiger partial charge in [-0.05, 0) is 42.5 Å². The van der Waals surface area contributed by atoms with Crippen molar-refractivity contribution in [2.75, 3.05) is 23.3 Å². The van der Waals surface area contributed by atoms with Crippen LogP contribution in [0.25, 0.3) is 0 Å². The van der Waals surface area contributed by atoms with E-state index < -0.39 is 0 Å². The second-order valence-electron chi connectivity index (χ2n) is 6.25. The van der Waals surface area contributed by atoms with E-state index in [1.807, 2.05) is 24.3 Å². The van der Waals surface area contributed by atoms with Gasteiger partial charge in [0.05, 0.1) is 0 Å². The number of amides is 1. The van der Waals surface area contributed by atoms with Gasteiger partial charge in [0.2, 0.25) is 0 Å². The molecule has 0 radical (unpaired) electrons. The van der Waals surface area contributed by atoms with Gasteiger partial charge in [0.25, 0.3) is 5.91 Å². The maximum Gasteiger partial charge on any atom is 0.278 e. The van der Waals surface area contributed by atoms with Crippen LogP contribution in [0.3, 0.4) is 0 Å². The molecule has 5 nitrogen and oxygen atoms in total. The highest BCUT2D eigenvalue weighted by molar-refractivity contribution is 6.06. The Morgan fingerprint density at radius 2 is 2.04 bits per heavy atom. The first-order valence-electron chi connectivity index (χ1n) is 8.12. The molecule has 120 valence electrons. The number of nitrogens with zero attached hydrogens (tertiary/aromatic N) is 3. The molecule has 1 amide bonds. The third-order valence-electron chi connectivity index (χ3n) is 4.04. The third kappa shape index (κ3) is 3.50. The Hall–Kier alpha value is -2.43. The number of rotatable bonds is 5. The van der Waals surface area contributed by atoms with Crippen molar-refractivity contribution in [3.63, 3.8) is 0 Å². The summed E-state index contributed by atoms with van der Waals surface area (Å²) in [5.41, 5.74) is 2.58. The lowest BCUT2D eigenvalue weighted by molar-refractivity contribution is 0.0983. The Balaban J connectivity index is 1.67. The Morgan fingerprint density at radius 1 is 1.22 bits per heavy atom. The molecule has 0 bridgehead atoms. The number of hydrogen-bond donors (Lipinski definition) is 1. The van der Waals surface area contributed by atoms with Crippen LogP contribution >= 0.6 is 0 Å². The highest BCUT2D eigenvalue weighted by Crippen LogP contribution is 2.28. The molecule has 1 aliphatic heterocycles. The Labute approximate surface area is 136 Å². The molecule has 0 saturated heterocycles. The van der Waals surface area contributed by atoms with Crippen molar-refractivity contribution in [3.8, 4) is 0 Å². The predicted octanol–water partition coefficient (Wildman–Crippen LogP) is 3.14. The van der Waals surface area contributed by atoms with E-state index in [0.717, 1.165) is 25.1 Å². The molecule has 0 atom stereocenters. The highest BCUT2D eigenvalue weighted by Gasteiger charge is 2.26. The maximum absolute atomic E-state index is 12.6. The van der Waals surface area contributed by atoms with Gasteiger partial charge in [0.15, 0.2) is 5.69 Å². The minimum absolute atomic E-state index is 0.0869. The van der Waals surface area contributed by atoms with Crippen molar-refractivity contribution in [2.24, 2.45) is 5.92 Å². The van der Waals surface area contributed by atoms with Crippen molar-refractivity contribution >= 4 is 17.4 Å². The topological polar surface area (TPSA) is 58.1 Å². The van der Waals surface area contributed by atoms with Crippen LogP contribution in [0.5, 0.6) is 0 Å². The largest absolute Gasteiger partial charge is 0.369 e. The summed E-state index contributed by atoms with van der Waals surface area (Å²) in [5, 5.41) is 11.4. The molecule has 2 heterocycles. The van der Waals surface area contributed by atoms with Gasteiger partial charge in [0, 0.05) is 18.8 Å². The zero-order chi connectivity index (χ0) is 16.2. The van der Waals surface area contributed by atoms with E-state index in [4.69, 9.17) is 0 Å². The summed E-state index contributed by atoms with van der Waals surface area (Å²) in [6.07, 6.45) is 1.97. The molecule has 1 aliphatic rings. The van der Waals surface area contributed by atoms with E-state index in [-0.39, 0.29) is 5.91 Å². The maximum atomic E-state index is 12.6. The molecule has 23 heavy (non-hydrogen) atoms. The molecular weight excluding hydrogens is 288 g/mol. The zero-order valence-corrected chi connectivity index (χ0v) is 13.6. The monoisotopic (exact) mass is 310 g/mol. The van der Waals surface area contributed by atoms with Crippen molar-refractivity contribution in [1.29, 1.82) is 0 Å². The third-order valence-corrected chi connectivity index (χ3v) is 4.04. The van der Waals surface area contributed by atoms with Gasteiger partial charge >= 0.3 is 0 Å². The first kappa shape index (κ1) is 15.5. The smallest absolute Gasteiger partial charge is 0.278 e. The summed E-state index contributed by atoms with van der Waals surface area (Å²) in [5.74, 6) is 1.27. The van der Waals surface area contributed by atoms with Crippen LogP contribution in [0.15, 0.2) is 36.4 Å². The number of anilines is 2. The summed E-state index contributed by atoms with van der Waals surface area (Å²) in [6.45, 7) is 5.93. The molecule has 1 aromatic carbocycles. The van der Waals surface area contributed by atoms with Crippen LogP contribution in [0.1, 0.15) is 36.3 Å². The fourth-order valence-electron chi connectivity index (χ4n) is 2.72. The number of carbonyl (C=O) groups is 1. The lowest BCUT2D eigenvalue weighted by atomic mass is 10.1. The normalized spacial score (nSPS) is 13.3. The molecule has 5 heteroatoms. The predicted molar refractivity (Wildman–Crippen MR) is 91.8 cm³/mol. The number of hydrogen-bond acceptors (Lipinski definition) is 4. The van der Waals surface area contributed by atoms with Gasteiger partial charge < -0.3 is 10.2 Å². The molecular formula is C18H22N4O. The summed E-state index contributed by atoms with van der Waals surface area (Å²) in [4.78, 5) is 14.4. The standard InChI is InChI=1S/C18H22N4O/c1-13(2)9-11-19-17-8-7-15(20-21-17)18(23)22-12-10-14-5-3-4-6-16(14)22/h3-8,13H,9-12H2,1-2H3,(H,19,21). The van der Waals surface area contributed by atoms with E-state index in [2.05, 4.69) is 35.4 Å². The molecule has 0 aliphatic carbocycles. The molecule has 0 spiro atoms. The fraction of sp³-hybridized carbons (Fsp3) is 0.389. The van der Waals surface area contributed by atoms with Crippen LogP contribution in [-0.2, 0) is 6.42 Å². The molecule has 1 aromatic heterocycles. The van der Waals surface area contributed by atoms with Crippen molar-refractivity contribution in [1.82, 2.24) is 10.2 Å². The number of benzene rings is 1. The summed E-state index contributed by atoms with van der Waals surface area (Å²) < 4.78 is 0. The average Bonchev–Trinajstić information content (AvgIpc) is 2.98. The number of nitrogens with one attached hydrogen (secondary N) is 1. The summed E-state index contributed by atoms with van der Waals surface area (Å²) in [7, 11) is 0. The van der Waals surface area contributed by atoms with E-state index in [0.29, 0.717) is 24.0 Å². The molecule has 0 fully saturated rings. The van der Waals surface area contributed by atoms with Gasteiger partial charge in [-0.2, -0.15) is 0 Å². The Bertz CT molecular complexity index is 682. The van der Waals surface area contributed by atoms with Crippen LogP contribution in [0.4, 0.5) is 11.5 Å². The minimum atomic E-state index is -0.0869. The van der Waals surface area contributed by atoms with E-state index in [1.54, 1.807) is 11.0 Å². The number of para-hydroxylation sites is 1. The van der Waals surface area contributed by atoms with E-state index in [9.17, 15) is 4.79 Å². The van der Waals surface area contributed by atoms with Gasteiger partial charge in [-0.3, -0.25) is 4.79 Å². The Morgan fingerprint density at radius 3 is 2.78 bits per heavy atom. The van der Waals surface area contributed by atoms with Gasteiger partial charge in [0.1, 0.15) is 5.82 Å². The van der Waals surface area contributed by atoms with Crippen LogP contribution in [0, 0.1) is 5.92 Å². The van der Waals surface area contributed by atoms with E-state index in [1.165, 1.54) is 5.56 Å². The minimum Gasteiger partial charge on any atom is -0.369 e. The second-order valence-corrected chi connectivity index (χ2v) is 6.25. The SMILES string of the molecule is CC(C)CCNc1ccc(C(=O)N2CCc3ccccc32)nn1. The van der Waals surface area contributed by atoms with E-state index >= 15 is 0 Å². The highest BCUT2D eigenvalue weighted by atomic mass is 16.2. The first-order valence-corrected chi connectivity index (χ1v) is 8.12. The van der Waals surface area contributed by atoms with Crippen LogP contribution < -0.4 is 10.2 Å². The molecule has 1 N–H and O–H groups in total. The molecule has 2 aromatic rings. The van der Waals surface area contributed by atoms with Crippen LogP contribution in [0.2, 0.25) is 0 Å². The van der Waals surface area contributed by atoms with Gasteiger partial charge in [-0.1, -0.05) is 32.0 Å². The van der Waals surface area contributed by atoms with Crippen LogP contribution in [-0.4, -0.2) is 29.2 Å². The molecule has 0 saturated carbocycles. The fourth-order valence-corrected chi connectivity index (χ4v) is 2.72. The van der Waals surface area contributed by atoms with Gasteiger partial charge in [-0.25, -0.2) is 0 Å².